The van der Waals surface area contributed by atoms with E-state index in [4.69, 9.17) is 16.3 Å². The zero-order chi connectivity index (χ0) is 23.8. The van der Waals surface area contributed by atoms with Crippen molar-refractivity contribution < 1.29 is 14.3 Å². The molecule has 0 aliphatic carbocycles. The Bertz CT molecular complexity index is 957. The number of benzene rings is 1. The first kappa shape index (κ1) is 25.3. The van der Waals surface area contributed by atoms with Gasteiger partial charge in [0.15, 0.2) is 5.16 Å². The molecular weight excluding hydrogens is 460 g/mol. The van der Waals surface area contributed by atoms with Crippen LogP contribution in [0.15, 0.2) is 35.5 Å². The zero-order valence-corrected chi connectivity index (χ0v) is 21.0. The molecule has 1 aromatic carbocycles. The molecule has 1 aliphatic rings. The van der Waals surface area contributed by atoms with Crippen molar-refractivity contribution in [2.24, 2.45) is 5.92 Å². The number of thioether (sulfide) groups is 1. The average Bonchev–Trinajstić information content (AvgIpc) is 2.82. The molecule has 1 amide bonds. The molecule has 1 aliphatic heterocycles. The number of ether oxygens (including phenoxy) is 1. The van der Waals surface area contributed by atoms with Gasteiger partial charge in [-0.2, -0.15) is 0 Å². The number of hydrogen-bond acceptors (Lipinski definition) is 7. The number of nitrogens with zero attached hydrogens (tertiary/aromatic N) is 4. The fourth-order valence-electron chi connectivity index (χ4n) is 3.78. The smallest absolute Gasteiger partial charge is 0.310 e. The second-order valence-electron chi connectivity index (χ2n) is 8.08. The first-order valence-corrected chi connectivity index (χ1v) is 12.7. The summed E-state index contributed by atoms with van der Waals surface area (Å²) in [6.45, 7) is 6.24. The number of carbonyl (C=O) groups excluding carboxylic acids is 2. The Morgan fingerprint density at radius 1 is 1.24 bits per heavy atom. The fourth-order valence-corrected chi connectivity index (χ4v) is 4.82. The lowest BCUT2D eigenvalue weighted by atomic mass is 9.97. The van der Waals surface area contributed by atoms with Crippen LogP contribution < -0.4 is 4.90 Å². The highest BCUT2D eigenvalue weighted by molar-refractivity contribution is 7.98. The number of hydrogen-bond donors (Lipinski definition) is 0. The summed E-state index contributed by atoms with van der Waals surface area (Å²) in [5, 5.41) is 1.05. The Morgan fingerprint density at radius 2 is 2.00 bits per heavy atom. The van der Waals surface area contributed by atoms with Crippen LogP contribution in [-0.4, -0.2) is 60.0 Å². The van der Waals surface area contributed by atoms with Crippen molar-refractivity contribution >= 4 is 41.1 Å². The van der Waals surface area contributed by atoms with E-state index in [1.807, 2.05) is 31.3 Å². The predicted molar refractivity (Wildman–Crippen MR) is 132 cm³/mol. The van der Waals surface area contributed by atoms with Gasteiger partial charge in [-0.05, 0) is 43.9 Å². The van der Waals surface area contributed by atoms with Crippen LogP contribution >= 0.6 is 23.4 Å². The number of piperidine rings is 1. The Hall–Kier alpha value is -2.32. The summed E-state index contributed by atoms with van der Waals surface area (Å²) in [6.07, 6.45) is 2.59. The Kier molecular flexibility index (Phi) is 9.38. The molecule has 0 saturated carbocycles. The second kappa shape index (κ2) is 12.2. The third-order valence-electron chi connectivity index (χ3n) is 5.51. The van der Waals surface area contributed by atoms with Gasteiger partial charge in [0, 0.05) is 44.1 Å². The number of esters is 1. The maximum atomic E-state index is 12.9. The maximum absolute atomic E-state index is 12.9. The third kappa shape index (κ3) is 7.08. The molecule has 1 unspecified atom stereocenters. The molecule has 3 rings (SSSR count). The molecule has 1 aromatic heterocycles. The first-order chi connectivity index (χ1) is 15.9. The molecule has 1 atom stereocenters. The normalized spacial score (nSPS) is 15.9. The molecule has 2 heterocycles. The van der Waals surface area contributed by atoms with E-state index in [1.165, 1.54) is 11.8 Å². The van der Waals surface area contributed by atoms with Gasteiger partial charge in [0.25, 0.3) is 5.91 Å². The summed E-state index contributed by atoms with van der Waals surface area (Å²) in [6, 6.07) is 9.34. The number of halogens is 1. The Labute approximate surface area is 204 Å². The lowest BCUT2D eigenvalue weighted by molar-refractivity contribution is -0.149. The highest BCUT2D eigenvalue weighted by atomic mass is 35.5. The predicted octanol–water partition coefficient (Wildman–Crippen LogP) is 4.68. The minimum absolute atomic E-state index is 0.0509. The van der Waals surface area contributed by atoms with E-state index in [9.17, 15) is 9.59 Å². The molecule has 2 aromatic rings. The van der Waals surface area contributed by atoms with Crippen molar-refractivity contribution in [2.45, 2.75) is 44.0 Å². The van der Waals surface area contributed by atoms with Crippen LogP contribution in [0.25, 0.3) is 0 Å². The number of carbonyl (C=O) groups is 2. The van der Waals surface area contributed by atoms with Crippen molar-refractivity contribution in [3.05, 3.63) is 46.6 Å². The minimum Gasteiger partial charge on any atom is -0.466 e. The molecule has 7 nitrogen and oxygen atoms in total. The molecule has 1 saturated heterocycles. The van der Waals surface area contributed by atoms with E-state index in [1.54, 1.807) is 17.9 Å². The summed E-state index contributed by atoms with van der Waals surface area (Å²) >= 11 is 7.70. The SMILES string of the molecule is CCCN(C)c1cc(Cl)nc(SCc2ccc(C(=O)N3CCCC(C(=O)OCC)C3)cc2)n1. The van der Waals surface area contributed by atoms with Gasteiger partial charge in [0.05, 0.1) is 12.5 Å². The summed E-state index contributed by atoms with van der Waals surface area (Å²) in [5.74, 6) is 0.972. The van der Waals surface area contributed by atoms with E-state index in [0.717, 1.165) is 37.2 Å². The van der Waals surface area contributed by atoms with Gasteiger partial charge in [0.1, 0.15) is 11.0 Å². The van der Waals surface area contributed by atoms with E-state index >= 15 is 0 Å². The largest absolute Gasteiger partial charge is 0.466 e. The van der Waals surface area contributed by atoms with Crippen LogP contribution in [0.3, 0.4) is 0 Å². The molecule has 178 valence electrons. The number of anilines is 1. The van der Waals surface area contributed by atoms with Gasteiger partial charge in [-0.1, -0.05) is 42.4 Å². The summed E-state index contributed by atoms with van der Waals surface area (Å²) in [7, 11) is 1.99. The number of aromatic nitrogens is 2. The van der Waals surface area contributed by atoms with Crippen molar-refractivity contribution in [1.29, 1.82) is 0 Å². The molecule has 0 N–H and O–H groups in total. The van der Waals surface area contributed by atoms with Crippen LogP contribution in [0.4, 0.5) is 5.82 Å². The molecule has 33 heavy (non-hydrogen) atoms. The summed E-state index contributed by atoms with van der Waals surface area (Å²) in [4.78, 5) is 37.7. The Balaban J connectivity index is 1.59. The van der Waals surface area contributed by atoms with Gasteiger partial charge >= 0.3 is 5.97 Å². The van der Waals surface area contributed by atoms with Crippen LogP contribution in [-0.2, 0) is 15.3 Å². The summed E-state index contributed by atoms with van der Waals surface area (Å²) < 4.78 is 5.13. The third-order valence-corrected chi connectivity index (χ3v) is 6.62. The van der Waals surface area contributed by atoms with Gasteiger partial charge in [-0.3, -0.25) is 9.59 Å². The van der Waals surface area contributed by atoms with Crippen LogP contribution in [0.5, 0.6) is 0 Å². The number of likely N-dealkylation sites (tertiary alicyclic amines) is 1. The lowest BCUT2D eigenvalue weighted by Gasteiger charge is -2.31. The van der Waals surface area contributed by atoms with E-state index in [0.29, 0.717) is 41.3 Å². The van der Waals surface area contributed by atoms with Crippen LogP contribution in [0.1, 0.15) is 49.0 Å². The highest BCUT2D eigenvalue weighted by Gasteiger charge is 2.29. The van der Waals surface area contributed by atoms with Crippen molar-refractivity contribution in [1.82, 2.24) is 14.9 Å². The van der Waals surface area contributed by atoms with Gasteiger partial charge in [-0.25, -0.2) is 9.97 Å². The zero-order valence-electron chi connectivity index (χ0n) is 19.4. The molecule has 0 bridgehead atoms. The van der Waals surface area contributed by atoms with E-state index < -0.39 is 0 Å². The number of amides is 1. The average molecular weight is 491 g/mol. The lowest BCUT2D eigenvalue weighted by Crippen LogP contribution is -2.42. The molecule has 1 fully saturated rings. The fraction of sp³-hybridized carbons (Fsp3) is 0.500. The van der Waals surface area contributed by atoms with E-state index in [2.05, 4.69) is 21.8 Å². The van der Waals surface area contributed by atoms with Crippen molar-refractivity contribution in [3.8, 4) is 0 Å². The van der Waals surface area contributed by atoms with Crippen molar-refractivity contribution in [2.75, 3.05) is 38.2 Å². The van der Waals surface area contributed by atoms with Gasteiger partial charge < -0.3 is 14.5 Å². The standard InChI is InChI=1S/C24H31ClN4O3S/c1-4-12-28(3)21-14-20(25)26-24(27-21)33-16-17-8-10-18(11-9-17)22(30)29-13-6-7-19(15-29)23(31)32-5-2/h8-11,14,19H,4-7,12-13,15-16H2,1-3H3. The summed E-state index contributed by atoms with van der Waals surface area (Å²) in [5.41, 5.74) is 1.68. The number of rotatable bonds is 9. The molecule has 0 radical (unpaired) electrons. The van der Waals surface area contributed by atoms with Crippen LogP contribution in [0.2, 0.25) is 5.15 Å². The maximum Gasteiger partial charge on any atom is 0.310 e. The Morgan fingerprint density at radius 3 is 2.70 bits per heavy atom. The topological polar surface area (TPSA) is 75.6 Å². The molecular formula is C24H31ClN4O3S. The van der Waals surface area contributed by atoms with E-state index in [-0.39, 0.29) is 17.8 Å². The van der Waals surface area contributed by atoms with Crippen molar-refractivity contribution in [3.63, 3.8) is 0 Å². The van der Waals surface area contributed by atoms with Gasteiger partial charge in [-0.15, -0.1) is 0 Å². The monoisotopic (exact) mass is 490 g/mol. The minimum atomic E-state index is -0.239. The molecule has 0 spiro atoms. The van der Waals surface area contributed by atoms with Crippen LogP contribution in [0, 0.1) is 5.92 Å². The quantitative estimate of drug-likeness (QED) is 0.218. The highest BCUT2D eigenvalue weighted by Crippen LogP contribution is 2.25. The van der Waals surface area contributed by atoms with Gasteiger partial charge in [0.2, 0.25) is 0 Å². The molecule has 9 heteroatoms. The first-order valence-electron chi connectivity index (χ1n) is 11.3. The second-order valence-corrected chi connectivity index (χ2v) is 9.41.